The van der Waals surface area contributed by atoms with Crippen molar-refractivity contribution in [2.24, 2.45) is 5.73 Å². The summed E-state index contributed by atoms with van der Waals surface area (Å²) in [5, 5.41) is 14.2. The van der Waals surface area contributed by atoms with Gasteiger partial charge in [-0.05, 0) is 37.5 Å². The Morgan fingerprint density at radius 3 is 2.71 bits per heavy atom. The minimum absolute atomic E-state index is 0.00284. The standard InChI is InChI=1S/C25H25FN4O5/c1-4-12-13-6-19(29-22(31)11(3)27)17(26)8-18(13)28-21-14(12)9-30-20(21)7-16-15(23(30)32)10-35-24(33)25(16,34)5-2/h6-8,11,34H,4-5,9-10,27H2,1-3H3,(H,29,31)/t11-,25-/m0/s1. The third kappa shape index (κ3) is 3.28. The van der Waals surface area contributed by atoms with E-state index in [2.05, 4.69) is 10.3 Å². The van der Waals surface area contributed by atoms with Crippen LogP contribution in [-0.2, 0) is 39.5 Å². The highest BCUT2D eigenvalue weighted by Gasteiger charge is 2.45. The van der Waals surface area contributed by atoms with E-state index in [4.69, 9.17) is 10.5 Å². The summed E-state index contributed by atoms with van der Waals surface area (Å²) >= 11 is 0. The van der Waals surface area contributed by atoms with Gasteiger partial charge in [0.25, 0.3) is 5.56 Å². The van der Waals surface area contributed by atoms with Gasteiger partial charge in [0.2, 0.25) is 5.91 Å². The van der Waals surface area contributed by atoms with Crippen LogP contribution >= 0.6 is 0 Å². The van der Waals surface area contributed by atoms with Gasteiger partial charge in [-0.2, -0.15) is 0 Å². The molecule has 0 radical (unpaired) electrons. The molecule has 5 rings (SSSR count). The monoisotopic (exact) mass is 480 g/mol. The normalized spacial score (nSPS) is 19.1. The quantitative estimate of drug-likeness (QED) is 0.380. The van der Waals surface area contributed by atoms with Gasteiger partial charge in [-0.15, -0.1) is 0 Å². The lowest BCUT2D eigenvalue weighted by molar-refractivity contribution is -0.172. The zero-order valence-corrected chi connectivity index (χ0v) is 19.6. The number of rotatable bonds is 4. The van der Waals surface area contributed by atoms with E-state index in [1.807, 2.05) is 6.92 Å². The Balaban J connectivity index is 1.74. The number of ether oxygens (including phenoxy) is 1. The highest BCUT2D eigenvalue weighted by Crippen LogP contribution is 2.40. The zero-order chi connectivity index (χ0) is 25.2. The van der Waals surface area contributed by atoms with Crippen LogP contribution < -0.4 is 16.6 Å². The van der Waals surface area contributed by atoms with Gasteiger partial charge in [-0.1, -0.05) is 13.8 Å². The molecule has 0 spiro atoms. The molecule has 35 heavy (non-hydrogen) atoms. The molecule has 2 aliphatic heterocycles. The van der Waals surface area contributed by atoms with Crippen molar-refractivity contribution in [1.29, 1.82) is 0 Å². The van der Waals surface area contributed by atoms with E-state index in [1.54, 1.807) is 17.6 Å². The van der Waals surface area contributed by atoms with Gasteiger partial charge < -0.3 is 25.5 Å². The number of carbonyl (C=O) groups excluding carboxylic acids is 2. The third-order valence-electron chi connectivity index (χ3n) is 6.92. The second-order valence-electron chi connectivity index (χ2n) is 9.00. The lowest BCUT2D eigenvalue weighted by Gasteiger charge is -2.31. The molecule has 2 aromatic heterocycles. The van der Waals surface area contributed by atoms with E-state index < -0.39 is 29.3 Å². The van der Waals surface area contributed by atoms with Crippen molar-refractivity contribution in [1.82, 2.24) is 9.55 Å². The number of hydrogen-bond acceptors (Lipinski definition) is 7. The zero-order valence-electron chi connectivity index (χ0n) is 19.6. The first-order chi connectivity index (χ1) is 16.6. The third-order valence-corrected chi connectivity index (χ3v) is 6.92. The maximum absolute atomic E-state index is 14.9. The van der Waals surface area contributed by atoms with Gasteiger partial charge in [0.1, 0.15) is 12.4 Å². The summed E-state index contributed by atoms with van der Waals surface area (Å²) < 4.78 is 21.5. The van der Waals surface area contributed by atoms with Gasteiger partial charge in [-0.3, -0.25) is 9.59 Å². The number of cyclic esters (lactones) is 1. The Bertz CT molecular complexity index is 1500. The molecule has 0 fully saturated rings. The molecule has 4 heterocycles. The van der Waals surface area contributed by atoms with Crippen molar-refractivity contribution in [2.45, 2.75) is 58.4 Å². The maximum atomic E-state index is 14.9. The molecule has 0 saturated heterocycles. The Morgan fingerprint density at radius 1 is 1.31 bits per heavy atom. The number of nitrogens with zero attached hydrogens (tertiary/aromatic N) is 2. The first kappa shape index (κ1) is 23.1. The van der Waals surface area contributed by atoms with E-state index in [-0.39, 0.29) is 41.9 Å². The average Bonchev–Trinajstić information content (AvgIpc) is 3.19. The summed E-state index contributed by atoms with van der Waals surface area (Å²) in [6, 6.07) is 3.60. The second-order valence-corrected chi connectivity index (χ2v) is 9.00. The minimum atomic E-state index is -1.92. The Kier molecular flexibility index (Phi) is 5.26. The number of halogens is 1. The second kappa shape index (κ2) is 7.96. The molecule has 182 valence electrons. The van der Waals surface area contributed by atoms with Gasteiger partial charge in [0.05, 0.1) is 40.7 Å². The number of fused-ring (bicyclic) bond motifs is 5. The van der Waals surface area contributed by atoms with Crippen LogP contribution in [-0.4, -0.2) is 32.6 Å². The van der Waals surface area contributed by atoms with Gasteiger partial charge >= 0.3 is 5.97 Å². The topological polar surface area (TPSA) is 137 Å². The van der Waals surface area contributed by atoms with E-state index in [0.29, 0.717) is 28.7 Å². The smallest absolute Gasteiger partial charge is 0.343 e. The molecular weight excluding hydrogens is 455 g/mol. The molecule has 1 amide bonds. The van der Waals surface area contributed by atoms with Crippen LogP contribution in [0.5, 0.6) is 0 Å². The summed E-state index contributed by atoms with van der Waals surface area (Å²) in [4.78, 5) is 42.5. The number of nitrogens with one attached hydrogen (secondary N) is 1. The van der Waals surface area contributed by atoms with Crippen molar-refractivity contribution < 1.29 is 23.8 Å². The summed E-state index contributed by atoms with van der Waals surface area (Å²) in [5.74, 6) is -1.97. The fourth-order valence-electron chi connectivity index (χ4n) is 4.93. The largest absolute Gasteiger partial charge is 0.458 e. The molecule has 2 atom stereocenters. The number of benzene rings is 1. The van der Waals surface area contributed by atoms with Gasteiger partial charge in [-0.25, -0.2) is 14.2 Å². The van der Waals surface area contributed by atoms with Gasteiger partial charge in [0, 0.05) is 22.6 Å². The van der Waals surface area contributed by atoms with Gasteiger partial charge in [0.15, 0.2) is 5.60 Å². The molecular formula is C25H25FN4O5. The lowest BCUT2D eigenvalue weighted by Crippen LogP contribution is -2.44. The maximum Gasteiger partial charge on any atom is 0.343 e. The number of nitrogens with two attached hydrogens (primary N) is 1. The first-order valence-corrected chi connectivity index (χ1v) is 11.5. The van der Waals surface area contributed by atoms with Crippen molar-refractivity contribution in [2.75, 3.05) is 5.32 Å². The Morgan fingerprint density at radius 2 is 2.06 bits per heavy atom. The van der Waals surface area contributed by atoms with Crippen LogP contribution in [0.4, 0.5) is 10.1 Å². The molecule has 4 N–H and O–H groups in total. The number of anilines is 1. The van der Waals surface area contributed by atoms with Crippen LogP contribution in [0.3, 0.4) is 0 Å². The van der Waals surface area contributed by atoms with E-state index >= 15 is 0 Å². The summed E-state index contributed by atoms with van der Waals surface area (Å²) in [5.41, 5.74) is 6.75. The average molecular weight is 480 g/mol. The van der Waals surface area contributed by atoms with E-state index in [1.165, 1.54) is 19.1 Å². The number of aliphatic hydroxyl groups is 1. The highest BCUT2D eigenvalue weighted by atomic mass is 19.1. The molecule has 0 saturated carbocycles. The van der Waals surface area contributed by atoms with Crippen LogP contribution in [0.2, 0.25) is 0 Å². The Hall–Kier alpha value is -3.63. The molecule has 0 aliphatic carbocycles. The van der Waals surface area contributed by atoms with Crippen molar-refractivity contribution in [3.05, 3.63) is 56.6 Å². The molecule has 10 heteroatoms. The summed E-state index contributed by atoms with van der Waals surface area (Å²) in [6.07, 6.45) is 0.609. The molecule has 9 nitrogen and oxygen atoms in total. The fourth-order valence-corrected chi connectivity index (χ4v) is 4.93. The van der Waals surface area contributed by atoms with Crippen molar-refractivity contribution in [3.63, 3.8) is 0 Å². The van der Waals surface area contributed by atoms with Crippen LogP contribution in [0.1, 0.15) is 49.4 Å². The predicted molar refractivity (Wildman–Crippen MR) is 126 cm³/mol. The molecule has 2 aliphatic rings. The van der Waals surface area contributed by atoms with Crippen LogP contribution in [0.15, 0.2) is 23.0 Å². The SMILES string of the molecule is CCc1c2c(nc3cc(F)c(NC(=O)[C@H](C)N)cc13)-c1cc3c(c(=O)n1C2)COC(=O)[C@]3(O)CC. The van der Waals surface area contributed by atoms with E-state index in [9.17, 15) is 23.9 Å². The Labute approximate surface area is 199 Å². The number of carbonyl (C=O) groups is 2. The summed E-state index contributed by atoms with van der Waals surface area (Å²) in [6.45, 7) is 5.11. The van der Waals surface area contributed by atoms with Crippen molar-refractivity contribution in [3.8, 4) is 11.4 Å². The molecule has 3 aromatic rings. The number of aromatic nitrogens is 2. The lowest BCUT2D eigenvalue weighted by atomic mass is 9.86. The predicted octanol–water partition coefficient (Wildman–Crippen LogP) is 2.07. The molecule has 1 aromatic carbocycles. The first-order valence-electron chi connectivity index (χ1n) is 11.5. The van der Waals surface area contributed by atoms with Crippen LogP contribution in [0.25, 0.3) is 22.3 Å². The van der Waals surface area contributed by atoms with E-state index in [0.717, 1.165) is 11.1 Å². The number of hydrogen-bond donors (Lipinski definition) is 3. The van der Waals surface area contributed by atoms with Crippen LogP contribution in [0, 0.1) is 5.82 Å². The highest BCUT2D eigenvalue weighted by molar-refractivity contribution is 5.98. The van der Waals surface area contributed by atoms with Crippen molar-refractivity contribution >= 4 is 28.5 Å². The molecule has 0 unspecified atom stereocenters. The number of amides is 1. The minimum Gasteiger partial charge on any atom is -0.458 e. The molecule has 0 bridgehead atoms. The number of esters is 1. The number of aryl methyl sites for hydroxylation is 1. The fraction of sp³-hybridized carbons (Fsp3) is 0.360. The number of pyridine rings is 2. The summed E-state index contributed by atoms with van der Waals surface area (Å²) in [7, 11) is 0.